The van der Waals surface area contributed by atoms with Crippen LogP contribution in [0.4, 0.5) is 23.8 Å². The topological polar surface area (TPSA) is 56.2 Å². The van der Waals surface area contributed by atoms with Gasteiger partial charge in [0.25, 0.3) is 0 Å². The SMILES string of the molecule is CC.CF.Cc1c(C(C)CF)nn(-c2ccccc2)c1NC(=O)OCC(C)(C)F. The normalized spacial score (nSPS) is 11.4. The summed E-state index contributed by atoms with van der Waals surface area (Å²) in [6.07, 6.45) is -0.787. The molecule has 1 amide bonds. The van der Waals surface area contributed by atoms with Crippen LogP contribution in [0.3, 0.4) is 0 Å². The van der Waals surface area contributed by atoms with Crippen LogP contribution in [-0.4, -0.2) is 42.0 Å². The van der Waals surface area contributed by atoms with Gasteiger partial charge in [0.2, 0.25) is 0 Å². The van der Waals surface area contributed by atoms with E-state index in [9.17, 15) is 18.0 Å². The Bertz CT molecular complexity index is 729. The molecule has 2 aromatic rings. The van der Waals surface area contributed by atoms with Gasteiger partial charge in [0.15, 0.2) is 0 Å². The van der Waals surface area contributed by atoms with Crippen LogP contribution in [0.15, 0.2) is 30.3 Å². The molecule has 1 aromatic heterocycles. The summed E-state index contributed by atoms with van der Waals surface area (Å²) >= 11 is 0. The third kappa shape index (κ3) is 8.17. The average Bonchev–Trinajstić information content (AvgIpc) is 3.05. The van der Waals surface area contributed by atoms with Crippen LogP contribution >= 0.6 is 0 Å². The number of rotatable bonds is 6. The number of ether oxygens (including phenoxy) is 1. The van der Waals surface area contributed by atoms with E-state index in [2.05, 4.69) is 10.4 Å². The maximum absolute atomic E-state index is 13.5. The zero-order valence-corrected chi connectivity index (χ0v) is 18.2. The number of carbonyl (C=O) groups excluding carboxylic acids is 1. The maximum Gasteiger partial charge on any atom is 0.412 e. The van der Waals surface area contributed by atoms with Crippen LogP contribution < -0.4 is 5.32 Å². The molecule has 0 aliphatic heterocycles. The Morgan fingerprint density at radius 1 is 1.24 bits per heavy atom. The molecule has 2 rings (SSSR count). The molecule has 1 aromatic carbocycles. The molecule has 0 bridgehead atoms. The average molecular weight is 416 g/mol. The van der Waals surface area contributed by atoms with E-state index in [1.165, 1.54) is 18.5 Å². The lowest BCUT2D eigenvalue weighted by Gasteiger charge is -2.15. The first kappa shape index (κ1) is 26.5. The Balaban J connectivity index is 0.00000184. The number of alkyl halides is 3. The lowest BCUT2D eigenvalue weighted by molar-refractivity contribution is 0.0798. The van der Waals surface area contributed by atoms with Crippen LogP contribution in [0.2, 0.25) is 0 Å². The van der Waals surface area contributed by atoms with E-state index in [1.54, 1.807) is 13.8 Å². The molecule has 0 radical (unpaired) electrons. The highest BCUT2D eigenvalue weighted by Crippen LogP contribution is 2.28. The van der Waals surface area contributed by atoms with Crippen molar-refractivity contribution in [1.29, 1.82) is 0 Å². The highest BCUT2D eigenvalue weighted by atomic mass is 19.1. The Hall–Kier alpha value is -2.51. The van der Waals surface area contributed by atoms with Crippen molar-refractivity contribution < 1.29 is 22.7 Å². The Labute approximate surface area is 171 Å². The summed E-state index contributed by atoms with van der Waals surface area (Å²) in [5.74, 6) is -0.0329. The molecule has 1 heterocycles. The first-order chi connectivity index (χ1) is 13.7. The molecule has 29 heavy (non-hydrogen) atoms. The number of para-hydroxylation sites is 1. The minimum atomic E-state index is -1.63. The number of carbonyl (C=O) groups is 1. The second kappa shape index (κ2) is 12.9. The number of hydrogen-bond acceptors (Lipinski definition) is 3. The third-order valence-electron chi connectivity index (χ3n) is 3.62. The van der Waals surface area contributed by atoms with Gasteiger partial charge in [0, 0.05) is 11.5 Å². The van der Waals surface area contributed by atoms with E-state index in [1.807, 2.05) is 44.2 Å². The number of nitrogens with zero attached hydrogens (tertiary/aromatic N) is 2. The smallest absolute Gasteiger partial charge is 0.412 e. The highest BCUT2D eigenvalue weighted by molar-refractivity contribution is 5.85. The Morgan fingerprint density at radius 2 is 1.79 bits per heavy atom. The van der Waals surface area contributed by atoms with Crippen LogP contribution in [0.5, 0.6) is 0 Å². The first-order valence-electron chi connectivity index (χ1n) is 9.44. The van der Waals surface area contributed by atoms with Gasteiger partial charge in [0.1, 0.15) is 18.1 Å². The summed E-state index contributed by atoms with van der Waals surface area (Å²) in [5.41, 5.74) is 0.280. The minimum Gasteiger partial charge on any atom is -0.446 e. The molecule has 0 aliphatic carbocycles. The van der Waals surface area contributed by atoms with Gasteiger partial charge in [-0.1, -0.05) is 39.0 Å². The molecule has 0 spiro atoms. The third-order valence-corrected chi connectivity index (χ3v) is 3.62. The fourth-order valence-corrected chi connectivity index (χ4v) is 2.33. The monoisotopic (exact) mass is 415 g/mol. The molecule has 0 aliphatic rings. The van der Waals surface area contributed by atoms with E-state index in [0.717, 1.165) is 0 Å². The van der Waals surface area contributed by atoms with Gasteiger partial charge in [-0.15, -0.1) is 0 Å². The van der Waals surface area contributed by atoms with Crippen molar-refractivity contribution in [3.05, 3.63) is 41.6 Å². The number of hydrogen-bond donors (Lipinski definition) is 1. The van der Waals surface area contributed by atoms with Crippen molar-refractivity contribution in [1.82, 2.24) is 9.78 Å². The number of nitrogens with one attached hydrogen (secondary N) is 1. The second-order valence-corrected chi connectivity index (χ2v) is 6.58. The molecule has 1 unspecified atom stereocenters. The van der Waals surface area contributed by atoms with Crippen LogP contribution in [0.25, 0.3) is 5.69 Å². The zero-order valence-electron chi connectivity index (χ0n) is 18.2. The molecule has 0 fully saturated rings. The van der Waals surface area contributed by atoms with Gasteiger partial charge >= 0.3 is 6.09 Å². The summed E-state index contributed by atoms with van der Waals surface area (Å²) in [4.78, 5) is 12.0. The van der Waals surface area contributed by atoms with E-state index >= 15 is 0 Å². The molecule has 0 saturated carbocycles. The van der Waals surface area contributed by atoms with Crippen molar-refractivity contribution >= 4 is 11.9 Å². The lowest BCUT2D eigenvalue weighted by atomic mass is 10.1. The quantitative estimate of drug-likeness (QED) is 0.614. The van der Waals surface area contributed by atoms with Crippen molar-refractivity contribution in [2.24, 2.45) is 0 Å². The Kier molecular flexibility index (Phi) is 11.7. The van der Waals surface area contributed by atoms with Crippen molar-refractivity contribution in [3.8, 4) is 5.69 Å². The van der Waals surface area contributed by atoms with E-state index in [-0.39, 0.29) is 6.61 Å². The van der Waals surface area contributed by atoms with Crippen LogP contribution in [0, 0.1) is 6.92 Å². The van der Waals surface area contributed by atoms with Crippen molar-refractivity contribution in [2.45, 2.75) is 53.1 Å². The van der Waals surface area contributed by atoms with Crippen molar-refractivity contribution in [3.63, 3.8) is 0 Å². The summed E-state index contributed by atoms with van der Waals surface area (Å²) < 4.78 is 42.5. The first-order valence-corrected chi connectivity index (χ1v) is 9.44. The van der Waals surface area contributed by atoms with Gasteiger partial charge < -0.3 is 4.74 Å². The number of amides is 1. The highest BCUT2D eigenvalue weighted by Gasteiger charge is 2.23. The van der Waals surface area contributed by atoms with Crippen molar-refractivity contribution in [2.75, 3.05) is 25.8 Å². The fourth-order valence-electron chi connectivity index (χ4n) is 2.33. The summed E-state index contributed by atoms with van der Waals surface area (Å²) in [6, 6.07) is 9.15. The zero-order chi connectivity index (χ0) is 22.6. The molecule has 5 nitrogen and oxygen atoms in total. The predicted molar refractivity (Wildman–Crippen MR) is 111 cm³/mol. The summed E-state index contributed by atoms with van der Waals surface area (Å²) in [7, 11) is 0.500. The van der Waals surface area contributed by atoms with Crippen LogP contribution in [-0.2, 0) is 4.74 Å². The van der Waals surface area contributed by atoms with Gasteiger partial charge in [-0.2, -0.15) is 5.10 Å². The fraction of sp³-hybridized carbons (Fsp3) is 0.524. The van der Waals surface area contributed by atoms with Gasteiger partial charge in [-0.05, 0) is 32.9 Å². The molecule has 164 valence electrons. The van der Waals surface area contributed by atoms with Gasteiger partial charge in [0.05, 0.1) is 25.2 Å². The molecule has 1 N–H and O–H groups in total. The largest absolute Gasteiger partial charge is 0.446 e. The standard InChI is InChI=1S/C18H23F2N3O2.C2H6.CH3F/c1-12(10-19)15-13(2)16(21-17(24)25-11-18(3,4)20)23(22-15)14-8-6-5-7-9-14;2*1-2/h5-9,12H,10-11H2,1-4H3,(H,21,24);1-2H3;1H3. The lowest BCUT2D eigenvalue weighted by Crippen LogP contribution is -2.26. The van der Waals surface area contributed by atoms with Crippen LogP contribution in [0.1, 0.15) is 51.8 Å². The maximum atomic E-state index is 13.5. The number of aromatic nitrogens is 2. The van der Waals surface area contributed by atoms with E-state index in [4.69, 9.17) is 4.74 Å². The number of benzene rings is 1. The molecular formula is C21H32F3N3O2. The molecule has 8 heteroatoms. The number of halogens is 3. The van der Waals surface area contributed by atoms with E-state index < -0.39 is 24.4 Å². The molecule has 0 saturated heterocycles. The summed E-state index contributed by atoms with van der Waals surface area (Å²) in [6.45, 7) is 9.18. The minimum absolute atomic E-state index is 0.370. The van der Waals surface area contributed by atoms with E-state index in [0.29, 0.717) is 29.9 Å². The van der Waals surface area contributed by atoms with Gasteiger partial charge in [-0.3, -0.25) is 14.1 Å². The summed E-state index contributed by atoms with van der Waals surface area (Å²) in [5, 5.41) is 7.04. The molecule has 1 atom stereocenters. The second-order valence-electron chi connectivity index (χ2n) is 6.58. The number of anilines is 1. The Morgan fingerprint density at radius 3 is 2.28 bits per heavy atom. The predicted octanol–water partition coefficient (Wildman–Crippen LogP) is 6.16. The molecular weight excluding hydrogens is 383 g/mol. The van der Waals surface area contributed by atoms with Gasteiger partial charge in [-0.25, -0.2) is 13.9 Å².